The fourth-order valence-corrected chi connectivity index (χ4v) is 5.76. The van der Waals surface area contributed by atoms with E-state index >= 15 is 0 Å². The number of hydrogen-bond acceptors (Lipinski definition) is 3. The van der Waals surface area contributed by atoms with Gasteiger partial charge in [-0.25, -0.2) is 0 Å². The maximum absolute atomic E-state index is 12.0. The second kappa shape index (κ2) is 8.10. The van der Waals surface area contributed by atoms with E-state index in [1.54, 1.807) is 0 Å². The largest absolute Gasteiger partial charge is 0.340 e. The Balaban J connectivity index is 1.33. The molecular formula is C22H32ClN3O. The number of carbonyl (C=O) groups excluding carboxylic acids is 1. The summed E-state index contributed by atoms with van der Waals surface area (Å²) >= 11 is 6.23. The average Bonchev–Trinajstić information content (AvgIpc) is 3.14. The lowest BCUT2D eigenvalue weighted by Crippen LogP contribution is -2.51. The molecule has 27 heavy (non-hydrogen) atoms. The molecular weight excluding hydrogens is 358 g/mol. The van der Waals surface area contributed by atoms with Gasteiger partial charge in [-0.2, -0.15) is 0 Å². The van der Waals surface area contributed by atoms with Crippen LogP contribution in [0.4, 0.5) is 0 Å². The number of rotatable bonds is 4. The van der Waals surface area contributed by atoms with Gasteiger partial charge >= 0.3 is 0 Å². The Hall–Kier alpha value is -1.10. The Morgan fingerprint density at radius 1 is 1.07 bits per heavy atom. The van der Waals surface area contributed by atoms with Gasteiger partial charge in [0, 0.05) is 55.1 Å². The zero-order valence-electron chi connectivity index (χ0n) is 16.2. The van der Waals surface area contributed by atoms with Crippen LogP contribution in [0.2, 0.25) is 5.02 Å². The molecule has 2 N–H and O–H groups in total. The van der Waals surface area contributed by atoms with Crippen LogP contribution in [0, 0.1) is 0 Å². The molecule has 1 aromatic rings. The average molecular weight is 390 g/mol. The molecule has 0 bridgehead atoms. The number of halogens is 1. The van der Waals surface area contributed by atoms with Gasteiger partial charge in [0.1, 0.15) is 0 Å². The van der Waals surface area contributed by atoms with Crippen LogP contribution < -0.4 is 5.73 Å². The van der Waals surface area contributed by atoms with E-state index in [1.165, 1.54) is 18.4 Å². The first-order chi connectivity index (χ1) is 13.1. The van der Waals surface area contributed by atoms with E-state index in [0.29, 0.717) is 24.5 Å². The monoisotopic (exact) mass is 389 g/mol. The second-order valence-electron chi connectivity index (χ2n) is 8.68. The summed E-state index contributed by atoms with van der Waals surface area (Å²) in [6, 6.07) is 9.43. The van der Waals surface area contributed by atoms with Crippen LogP contribution >= 0.6 is 11.6 Å². The molecule has 2 aliphatic heterocycles. The highest BCUT2D eigenvalue weighted by Crippen LogP contribution is 2.41. The highest BCUT2D eigenvalue weighted by atomic mass is 35.5. The molecule has 4 rings (SSSR count). The van der Waals surface area contributed by atoms with Crippen LogP contribution in [0.3, 0.4) is 0 Å². The Kier molecular flexibility index (Phi) is 5.77. The third kappa shape index (κ3) is 3.90. The summed E-state index contributed by atoms with van der Waals surface area (Å²) in [6.45, 7) is 3.93. The van der Waals surface area contributed by atoms with E-state index in [2.05, 4.69) is 21.9 Å². The third-order valence-corrected chi connectivity index (χ3v) is 7.54. The van der Waals surface area contributed by atoms with Crippen molar-refractivity contribution in [2.75, 3.05) is 26.2 Å². The van der Waals surface area contributed by atoms with Crippen LogP contribution in [0.25, 0.3) is 0 Å². The number of benzene rings is 1. The van der Waals surface area contributed by atoms with Crippen LogP contribution in [-0.2, 0) is 10.2 Å². The lowest BCUT2D eigenvalue weighted by atomic mass is 9.68. The quantitative estimate of drug-likeness (QED) is 0.856. The van der Waals surface area contributed by atoms with Crippen molar-refractivity contribution in [2.45, 2.75) is 68.9 Å². The minimum Gasteiger partial charge on any atom is -0.340 e. The first kappa shape index (κ1) is 19.2. The third-order valence-electron chi connectivity index (χ3n) is 7.31. The summed E-state index contributed by atoms with van der Waals surface area (Å²) in [5, 5.41) is 0.806. The lowest BCUT2D eigenvalue weighted by molar-refractivity contribution is -0.130. The summed E-state index contributed by atoms with van der Waals surface area (Å²) < 4.78 is 0. The number of carbonyl (C=O) groups is 1. The molecule has 0 atom stereocenters. The zero-order chi connectivity index (χ0) is 18.9. The second-order valence-corrected chi connectivity index (χ2v) is 9.12. The SMILES string of the molecule is NCC1(c2cccc(Cl)c2)CCC(N2CCC(N3CCCC3=O)CC2)CC1. The molecule has 1 aromatic carbocycles. The zero-order valence-corrected chi connectivity index (χ0v) is 17.0. The van der Waals surface area contributed by atoms with Gasteiger partial charge in [-0.3, -0.25) is 4.79 Å². The van der Waals surface area contributed by atoms with Crippen molar-refractivity contribution in [3.63, 3.8) is 0 Å². The Morgan fingerprint density at radius 2 is 1.81 bits per heavy atom. The van der Waals surface area contributed by atoms with Crippen molar-refractivity contribution in [1.82, 2.24) is 9.80 Å². The van der Waals surface area contributed by atoms with Crippen LogP contribution in [0.1, 0.15) is 56.9 Å². The van der Waals surface area contributed by atoms with Crippen LogP contribution in [-0.4, -0.2) is 54.0 Å². The van der Waals surface area contributed by atoms with Crippen LogP contribution in [0.5, 0.6) is 0 Å². The van der Waals surface area contributed by atoms with Crippen LogP contribution in [0.15, 0.2) is 24.3 Å². The molecule has 2 saturated heterocycles. The van der Waals surface area contributed by atoms with Crippen molar-refractivity contribution < 1.29 is 4.79 Å². The molecule has 5 heteroatoms. The number of piperidine rings is 1. The lowest BCUT2D eigenvalue weighted by Gasteiger charge is -2.46. The summed E-state index contributed by atoms with van der Waals surface area (Å²) in [7, 11) is 0. The van der Waals surface area contributed by atoms with Gasteiger partial charge in [-0.15, -0.1) is 0 Å². The molecule has 3 fully saturated rings. The standard InChI is InChI=1S/C22H32ClN3O/c23-18-4-1-3-17(15-18)22(16-24)10-6-19(7-11-22)25-13-8-20(9-14-25)26-12-2-5-21(26)27/h1,3-4,15,19-20H,2,5-14,16,24H2. The molecule has 0 radical (unpaired) electrons. The van der Waals surface area contributed by atoms with Crippen molar-refractivity contribution in [3.8, 4) is 0 Å². The molecule has 148 valence electrons. The van der Waals surface area contributed by atoms with Crippen molar-refractivity contribution in [2.24, 2.45) is 5.73 Å². The highest BCUT2D eigenvalue weighted by Gasteiger charge is 2.39. The predicted octanol–water partition coefficient (Wildman–Crippen LogP) is 3.57. The van der Waals surface area contributed by atoms with E-state index in [1.807, 2.05) is 12.1 Å². The summed E-state index contributed by atoms with van der Waals surface area (Å²) in [4.78, 5) is 16.8. The Bertz CT molecular complexity index is 663. The molecule has 1 amide bonds. The number of nitrogens with two attached hydrogens (primary N) is 1. The smallest absolute Gasteiger partial charge is 0.222 e. The van der Waals surface area contributed by atoms with Gasteiger partial charge < -0.3 is 15.5 Å². The van der Waals surface area contributed by atoms with E-state index in [9.17, 15) is 4.79 Å². The molecule has 1 aliphatic carbocycles. The summed E-state index contributed by atoms with van der Waals surface area (Å²) in [5.74, 6) is 0.375. The van der Waals surface area contributed by atoms with Gasteiger partial charge in [-0.05, 0) is 62.6 Å². The molecule has 4 nitrogen and oxygen atoms in total. The van der Waals surface area contributed by atoms with Gasteiger partial charge in [0.25, 0.3) is 0 Å². The highest BCUT2D eigenvalue weighted by molar-refractivity contribution is 6.30. The topological polar surface area (TPSA) is 49.6 Å². The van der Waals surface area contributed by atoms with Crippen molar-refractivity contribution in [3.05, 3.63) is 34.9 Å². The van der Waals surface area contributed by atoms with E-state index in [-0.39, 0.29) is 5.41 Å². The molecule has 0 unspecified atom stereocenters. The Labute approximate surface area is 168 Å². The van der Waals surface area contributed by atoms with Gasteiger partial charge in [0.2, 0.25) is 5.91 Å². The predicted molar refractivity (Wildman–Crippen MR) is 110 cm³/mol. The molecule has 0 spiro atoms. The first-order valence-electron chi connectivity index (χ1n) is 10.6. The maximum atomic E-state index is 12.0. The van der Waals surface area contributed by atoms with Gasteiger partial charge in [0.05, 0.1) is 0 Å². The van der Waals surface area contributed by atoms with Crippen molar-refractivity contribution >= 4 is 17.5 Å². The minimum atomic E-state index is 0.0850. The molecule has 1 saturated carbocycles. The number of nitrogens with zero attached hydrogens (tertiary/aromatic N) is 2. The molecule has 2 heterocycles. The van der Waals surface area contributed by atoms with Crippen molar-refractivity contribution in [1.29, 1.82) is 0 Å². The fraction of sp³-hybridized carbons (Fsp3) is 0.682. The molecule has 3 aliphatic rings. The maximum Gasteiger partial charge on any atom is 0.222 e. The van der Waals surface area contributed by atoms with E-state index in [0.717, 1.165) is 63.2 Å². The first-order valence-corrected chi connectivity index (χ1v) is 11.0. The van der Waals surface area contributed by atoms with Gasteiger partial charge in [-0.1, -0.05) is 23.7 Å². The van der Waals surface area contributed by atoms with Gasteiger partial charge in [0.15, 0.2) is 0 Å². The minimum absolute atomic E-state index is 0.0850. The van der Waals surface area contributed by atoms with E-state index in [4.69, 9.17) is 17.3 Å². The summed E-state index contributed by atoms with van der Waals surface area (Å²) in [6.07, 6.45) is 8.77. The Morgan fingerprint density at radius 3 is 2.41 bits per heavy atom. The number of hydrogen-bond donors (Lipinski definition) is 1. The van der Waals surface area contributed by atoms with E-state index < -0.39 is 0 Å². The normalized spacial score (nSPS) is 30.8. The summed E-state index contributed by atoms with van der Waals surface area (Å²) in [5.41, 5.74) is 7.64. The molecule has 0 aromatic heterocycles. The fourth-order valence-electron chi connectivity index (χ4n) is 5.57. The number of amides is 1. The number of likely N-dealkylation sites (tertiary alicyclic amines) is 2.